The lowest BCUT2D eigenvalue weighted by Gasteiger charge is -2.17. The second-order valence-corrected chi connectivity index (χ2v) is 8.51. The number of hydrogen-bond donors (Lipinski definition) is 2. The average Bonchev–Trinajstić information content (AvgIpc) is 3.29. The molecule has 1 fully saturated rings. The van der Waals surface area contributed by atoms with E-state index in [2.05, 4.69) is 24.4 Å². The van der Waals surface area contributed by atoms with Crippen LogP contribution in [-0.4, -0.2) is 46.5 Å². The molecule has 0 spiro atoms. The van der Waals surface area contributed by atoms with Gasteiger partial charge in [-0.1, -0.05) is 0 Å². The third-order valence-electron chi connectivity index (χ3n) is 4.57. The maximum atomic E-state index is 12.5. The molecule has 3 heterocycles. The van der Waals surface area contributed by atoms with Gasteiger partial charge in [-0.15, -0.1) is 0 Å². The molecule has 8 heteroatoms. The fourth-order valence-corrected chi connectivity index (χ4v) is 4.53. The zero-order chi connectivity index (χ0) is 17.9. The highest BCUT2D eigenvalue weighted by Gasteiger charge is 2.28. The minimum absolute atomic E-state index is 0.163. The molecule has 1 saturated heterocycles. The minimum Gasteiger partial charge on any atom is -0.463 e. The Kier molecular flexibility index (Phi) is 5.41. The van der Waals surface area contributed by atoms with Gasteiger partial charge in [0.15, 0.2) is 11.8 Å². The Morgan fingerprint density at radius 2 is 2.04 bits per heavy atom. The van der Waals surface area contributed by atoms with Gasteiger partial charge in [-0.05, 0) is 31.0 Å². The van der Waals surface area contributed by atoms with Gasteiger partial charge < -0.3 is 9.32 Å². The molecule has 1 aliphatic heterocycles. The highest BCUT2D eigenvalue weighted by molar-refractivity contribution is 7.89. The molecule has 136 valence electrons. The summed E-state index contributed by atoms with van der Waals surface area (Å²) in [4.78, 5) is 4.60. The van der Waals surface area contributed by atoms with Crippen molar-refractivity contribution in [2.75, 3.05) is 39.0 Å². The van der Waals surface area contributed by atoms with E-state index in [1.54, 1.807) is 28.9 Å². The SMILES string of the molecule is C[NH+](C)[C@@H](CNc1ccc(S(=O)(=O)N2CCCC2)c[nH+]1)c1ccco1. The van der Waals surface area contributed by atoms with Crippen LogP contribution in [0.3, 0.4) is 0 Å². The third kappa shape index (κ3) is 4.02. The first kappa shape index (κ1) is 17.9. The quantitative estimate of drug-likeness (QED) is 0.732. The van der Waals surface area contributed by atoms with Crippen molar-refractivity contribution in [2.24, 2.45) is 0 Å². The minimum atomic E-state index is -3.38. The third-order valence-corrected chi connectivity index (χ3v) is 6.46. The number of rotatable bonds is 7. The molecule has 1 aliphatic rings. The summed E-state index contributed by atoms with van der Waals surface area (Å²) in [6.45, 7) is 1.89. The highest BCUT2D eigenvalue weighted by atomic mass is 32.2. The summed E-state index contributed by atoms with van der Waals surface area (Å²) in [5.41, 5.74) is 0. The molecule has 0 amide bonds. The molecule has 1 atom stereocenters. The number of aromatic nitrogens is 1. The van der Waals surface area contributed by atoms with Crippen LogP contribution in [0.4, 0.5) is 5.82 Å². The van der Waals surface area contributed by atoms with E-state index >= 15 is 0 Å². The lowest BCUT2D eigenvalue weighted by atomic mass is 10.2. The first-order valence-corrected chi connectivity index (χ1v) is 10.0. The first-order chi connectivity index (χ1) is 12.0. The van der Waals surface area contributed by atoms with Gasteiger partial charge in [0, 0.05) is 19.2 Å². The molecule has 3 rings (SSSR count). The fourth-order valence-electron chi connectivity index (χ4n) is 3.05. The number of aromatic amines is 1. The van der Waals surface area contributed by atoms with E-state index in [4.69, 9.17) is 4.42 Å². The number of pyridine rings is 1. The number of furan rings is 1. The summed E-state index contributed by atoms with van der Waals surface area (Å²) >= 11 is 0. The second-order valence-electron chi connectivity index (χ2n) is 6.58. The van der Waals surface area contributed by atoms with Crippen molar-refractivity contribution in [1.82, 2.24) is 4.31 Å². The molecule has 0 aliphatic carbocycles. The largest absolute Gasteiger partial charge is 0.463 e. The van der Waals surface area contributed by atoms with Gasteiger partial charge in [-0.2, -0.15) is 4.31 Å². The summed E-state index contributed by atoms with van der Waals surface area (Å²) in [7, 11) is 0.767. The first-order valence-electron chi connectivity index (χ1n) is 8.57. The molecule has 2 aromatic heterocycles. The zero-order valence-corrected chi connectivity index (χ0v) is 15.5. The van der Waals surface area contributed by atoms with Crippen molar-refractivity contribution in [3.05, 3.63) is 42.5 Å². The molecule has 0 radical (unpaired) electrons. The number of hydrogen-bond acceptors (Lipinski definition) is 4. The monoisotopic (exact) mass is 366 g/mol. The molecule has 7 nitrogen and oxygen atoms in total. The number of nitrogens with one attached hydrogen (secondary N) is 3. The van der Waals surface area contributed by atoms with Crippen molar-refractivity contribution < 1.29 is 22.7 Å². The normalized spacial score (nSPS) is 17.1. The van der Waals surface area contributed by atoms with Crippen molar-refractivity contribution in [2.45, 2.75) is 23.8 Å². The standard InChI is InChI=1S/C17H24N4O3S/c1-20(2)15(16-6-5-11-24-16)13-19-17-8-7-14(12-18-17)25(22,23)21-9-3-4-10-21/h5-8,11-12,15H,3-4,9-10,13H2,1-2H3,(H,18,19)/p+2/t15-/m0/s1. The Hall–Kier alpha value is -1.90. The Bertz CT molecular complexity index is 767. The summed E-state index contributed by atoms with van der Waals surface area (Å²) in [5, 5.41) is 3.32. The van der Waals surface area contributed by atoms with E-state index < -0.39 is 10.0 Å². The zero-order valence-electron chi connectivity index (χ0n) is 14.7. The fraction of sp³-hybridized carbons (Fsp3) is 0.471. The Labute approximate surface area is 148 Å². The van der Waals surface area contributed by atoms with Crippen LogP contribution in [0.5, 0.6) is 0 Å². The van der Waals surface area contributed by atoms with E-state index in [0.717, 1.165) is 24.4 Å². The Balaban J connectivity index is 1.66. The number of nitrogens with zero attached hydrogens (tertiary/aromatic N) is 1. The maximum absolute atomic E-state index is 12.5. The van der Waals surface area contributed by atoms with E-state index in [9.17, 15) is 8.42 Å². The van der Waals surface area contributed by atoms with Crippen LogP contribution in [-0.2, 0) is 10.0 Å². The van der Waals surface area contributed by atoms with Crippen LogP contribution in [0, 0.1) is 0 Å². The van der Waals surface area contributed by atoms with E-state index in [-0.39, 0.29) is 6.04 Å². The topological polar surface area (TPSA) is 81.1 Å². The van der Waals surface area contributed by atoms with Crippen molar-refractivity contribution >= 4 is 15.8 Å². The predicted molar refractivity (Wildman–Crippen MR) is 93.7 cm³/mol. The van der Waals surface area contributed by atoms with Crippen LogP contribution in [0.25, 0.3) is 0 Å². The van der Waals surface area contributed by atoms with Gasteiger partial charge in [0.2, 0.25) is 10.0 Å². The van der Waals surface area contributed by atoms with Crippen molar-refractivity contribution in [1.29, 1.82) is 0 Å². The van der Waals surface area contributed by atoms with Gasteiger partial charge in [0.25, 0.3) is 5.82 Å². The summed E-state index contributed by atoms with van der Waals surface area (Å²) in [5.74, 6) is 1.69. The molecular weight excluding hydrogens is 340 g/mol. The van der Waals surface area contributed by atoms with Gasteiger partial charge in [0.05, 0.1) is 20.4 Å². The summed E-state index contributed by atoms with van der Waals surface area (Å²) < 4.78 is 32.1. The van der Waals surface area contributed by atoms with E-state index in [1.165, 1.54) is 4.90 Å². The number of sulfonamides is 1. The number of likely N-dealkylation sites (N-methyl/N-ethyl adjacent to an activating group) is 1. The van der Waals surface area contributed by atoms with E-state index in [1.807, 2.05) is 12.1 Å². The smallest absolute Gasteiger partial charge is 0.272 e. The predicted octanol–water partition coefficient (Wildman–Crippen LogP) is 0.176. The van der Waals surface area contributed by atoms with Gasteiger partial charge >= 0.3 is 0 Å². The lowest BCUT2D eigenvalue weighted by molar-refractivity contribution is -0.891. The van der Waals surface area contributed by atoms with Crippen LogP contribution >= 0.6 is 0 Å². The second kappa shape index (κ2) is 7.55. The van der Waals surface area contributed by atoms with E-state index in [0.29, 0.717) is 24.5 Å². The van der Waals surface area contributed by atoms with Crippen LogP contribution in [0.15, 0.2) is 46.0 Å². The summed E-state index contributed by atoms with van der Waals surface area (Å²) in [6, 6.07) is 7.44. The molecule has 3 N–H and O–H groups in total. The molecule has 2 aromatic rings. The molecule has 0 unspecified atom stereocenters. The molecule has 25 heavy (non-hydrogen) atoms. The van der Waals surface area contributed by atoms with Gasteiger partial charge in [-0.25, -0.2) is 13.4 Å². The molecule has 0 bridgehead atoms. The van der Waals surface area contributed by atoms with Crippen LogP contribution in [0.2, 0.25) is 0 Å². The number of anilines is 1. The van der Waals surface area contributed by atoms with Gasteiger partial charge in [0.1, 0.15) is 17.6 Å². The summed E-state index contributed by atoms with van der Waals surface area (Å²) in [6.07, 6.45) is 5.10. The van der Waals surface area contributed by atoms with Gasteiger partial charge in [-0.3, -0.25) is 5.32 Å². The molecular formula is C17H26N4O3S+2. The van der Waals surface area contributed by atoms with Crippen LogP contribution in [0.1, 0.15) is 24.6 Å². The Morgan fingerprint density at radius 1 is 1.28 bits per heavy atom. The lowest BCUT2D eigenvalue weighted by Crippen LogP contribution is -3.06. The van der Waals surface area contributed by atoms with Crippen molar-refractivity contribution in [3.63, 3.8) is 0 Å². The van der Waals surface area contributed by atoms with Crippen LogP contribution < -0.4 is 15.2 Å². The highest BCUT2D eigenvalue weighted by Crippen LogP contribution is 2.20. The molecule has 0 saturated carbocycles. The average molecular weight is 366 g/mol. The number of quaternary nitrogens is 1. The maximum Gasteiger partial charge on any atom is 0.272 e. The Morgan fingerprint density at radius 3 is 2.60 bits per heavy atom. The molecule has 0 aromatic carbocycles. The van der Waals surface area contributed by atoms with Crippen molar-refractivity contribution in [3.8, 4) is 0 Å². The number of H-pyrrole nitrogens is 1.